The number of Topliss-reactive ketones (excluding diaryl/α,β-unsaturated/α-hetero) is 1. The van der Waals surface area contributed by atoms with Crippen LogP contribution in [0, 0.1) is 5.82 Å². The van der Waals surface area contributed by atoms with Gasteiger partial charge in [0.15, 0.2) is 11.5 Å². The van der Waals surface area contributed by atoms with E-state index in [4.69, 9.17) is 18.9 Å². The van der Waals surface area contributed by atoms with Gasteiger partial charge >= 0.3 is 0 Å². The van der Waals surface area contributed by atoms with E-state index in [0.717, 1.165) is 5.56 Å². The normalized spacial score (nSPS) is 17.9. The van der Waals surface area contributed by atoms with Gasteiger partial charge in [0, 0.05) is 19.2 Å². The zero-order valence-electron chi connectivity index (χ0n) is 20.0. The molecule has 2 heterocycles. The van der Waals surface area contributed by atoms with Crippen molar-refractivity contribution in [2.24, 2.45) is 0 Å². The number of ether oxygens (including phenoxy) is 4. The van der Waals surface area contributed by atoms with Crippen LogP contribution in [0.4, 0.5) is 4.39 Å². The molecule has 3 aromatic rings. The van der Waals surface area contributed by atoms with E-state index in [1.54, 1.807) is 54.6 Å². The molecule has 1 atom stereocenters. The predicted molar refractivity (Wildman–Crippen MR) is 131 cm³/mol. The average Bonchev–Trinajstić information content (AvgIpc) is 3.49. The number of ketones is 1. The fraction of sp³-hybridized carbons (Fsp3) is 0.214. The highest BCUT2D eigenvalue weighted by molar-refractivity contribution is 6.46. The van der Waals surface area contributed by atoms with Gasteiger partial charge in [-0.05, 0) is 53.6 Å². The highest BCUT2D eigenvalue weighted by Crippen LogP contribution is 2.42. The Morgan fingerprint density at radius 2 is 1.84 bits per heavy atom. The van der Waals surface area contributed by atoms with E-state index in [0.29, 0.717) is 28.4 Å². The number of carbonyl (C=O) groups excluding carboxylic acids is 2. The molecular formula is C28H24FNO7. The van der Waals surface area contributed by atoms with Crippen molar-refractivity contribution in [2.75, 3.05) is 27.1 Å². The molecular weight excluding hydrogens is 481 g/mol. The molecule has 0 aliphatic carbocycles. The Kier molecular flexibility index (Phi) is 6.78. The lowest BCUT2D eigenvalue weighted by molar-refractivity contribution is -0.140. The predicted octanol–water partition coefficient (Wildman–Crippen LogP) is 4.20. The molecule has 0 radical (unpaired) electrons. The van der Waals surface area contributed by atoms with Crippen LogP contribution in [0.3, 0.4) is 0 Å². The van der Waals surface area contributed by atoms with E-state index in [2.05, 4.69) is 0 Å². The molecule has 0 spiro atoms. The molecule has 37 heavy (non-hydrogen) atoms. The van der Waals surface area contributed by atoms with Crippen molar-refractivity contribution in [3.05, 3.63) is 94.8 Å². The number of methoxy groups -OCH3 is 1. The Balaban J connectivity index is 1.51. The monoisotopic (exact) mass is 505 g/mol. The second-order valence-electron chi connectivity index (χ2n) is 8.54. The fourth-order valence-corrected chi connectivity index (χ4v) is 4.37. The SMILES string of the molecule is COCCN1C(=O)C(=O)/C(=C(\O)c2ccc3c(c2)OCO3)C1c1cccc(OCc2ccc(F)cc2)c1. The molecule has 5 rings (SSSR count). The summed E-state index contributed by atoms with van der Waals surface area (Å²) in [6.45, 7) is 0.606. The van der Waals surface area contributed by atoms with Gasteiger partial charge in [-0.2, -0.15) is 0 Å². The molecule has 0 bridgehead atoms. The number of aliphatic hydroxyl groups is 1. The van der Waals surface area contributed by atoms with Crippen molar-refractivity contribution < 1.29 is 38.0 Å². The second-order valence-corrected chi connectivity index (χ2v) is 8.54. The molecule has 8 nitrogen and oxygen atoms in total. The molecule has 1 fully saturated rings. The Morgan fingerprint density at radius 3 is 2.62 bits per heavy atom. The number of halogens is 1. The Bertz CT molecular complexity index is 1370. The third-order valence-corrected chi connectivity index (χ3v) is 6.21. The lowest BCUT2D eigenvalue weighted by Gasteiger charge is -2.25. The van der Waals surface area contributed by atoms with E-state index in [1.165, 1.54) is 24.1 Å². The largest absolute Gasteiger partial charge is 0.507 e. The van der Waals surface area contributed by atoms with Gasteiger partial charge in [-0.1, -0.05) is 24.3 Å². The summed E-state index contributed by atoms with van der Waals surface area (Å²) in [6.07, 6.45) is 0. The number of fused-ring (bicyclic) bond motifs is 1. The van der Waals surface area contributed by atoms with Gasteiger partial charge in [0.1, 0.15) is 23.9 Å². The lowest BCUT2D eigenvalue weighted by atomic mass is 9.95. The van der Waals surface area contributed by atoms with Crippen LogP contribution < -0.4 is 14.2 Å². The number of likely N-dealkylation sites (tertiary alicyclic amines) is 1. The van der Waals surface area contributed by atoms with Gasteiger partial charge in [-0.15, -0.1) is 0 Å². The summed E-state index contributed by atoms with van der Waals surface area (Å²) in [6, 6.07) is 16.9. The number of benzene rings is 3. The molecule has 9 heteroatoms. The van der Waals surface area contributed by atoms with Crippen molar-refractivity contribution in [1.82, 2.24) is 4.90 Å². The molecule has 0 aromatic heterocycles. The minimum Gasteiger partial charge on any atom is -0.507 e. The summed E-state index contributed by atoms with van der Waals surface area (Å²) < 4.78 is 35.0. The standard InChI is InChI=1S/C28H24FNO7/c1-34-12-11-30-25(18-3-2-4-21(13-18)35-15-17-5-8-20(29)9-6-17)24(27(32)28(30)33)26(31)19-7-10-22-23(14-19)37-16-36-22/h2-10,13-14,25,31H,11-12,15-16H2,1H3/b26-24-. The van der Waals surface area contributed by atoms with Crippen LogP contribution in [0.15, 0.2) is 72.3 Å². The summed E-state index contributed by atoms with van der Waals surface area (Å²) in [5.74, 6) is -0.735. The minimum absolute atomic E-state index is 0.0457. The van der Waals surface area contributed by atoms with Crippen molar-refractivity contribution in [2.45, 2.75) is 12.6 Å². The third-order valence-electron chi connectivity index (χ3n) is 6.21. The topological polar surface area (TPSA) is 94.5 Å². The fourth-order valence-electron chi connectivity index (χ4n) is 4.37. The molecule has 1 unspecified atom stereocenters. The van der Waals surface area contributed by atoms with Crippen LogP contribution in [0.1, 0.15) is 22.7 Å². The first-order chi connectivity index (χ1) is 18.0. The number of hydrogen-bond acceptors (Lipinski definition) is 7. The van der Waals surface area contributed by atoms with E-state index in [1.807, 2.05) is 0 Å². The maximum Gasteiger partial charge on any atom is 0.295 e. The van der Waals surface area contributed by atoms with Gasteiger partial charge < -0.3 is 29.0 Å². The number of carbonyl (C=O) groups is 2. The van der Waals surface area contributed by atoms with Gasteiger partial charge in [0.25, 0.3) is 11.7 Å². The molecule has 0 saturated carbocycles. The van der Waals surface area contributed by atoms with Crippen molar-refractivity contribution >= 4 is 17.4 Å². The first kappa shape index (κ1) is 24.3. The summed E-state index contributed by atoms with van der Waals surface area (Å²) >= 11 is 0. The molecule has 190 valence electrons. The van der Waals surface area contributed by atoms with E-state index >= 15 is 0 Å². The molecule has 2 aliphatic rings. The second kappa shape index (κ2) is 10.3. The van der Waals surface area contributed by atoms with Crippen LogP contribution in [-0.2, 0) is 20.9 Å². The van der Waals surface area contributed by atoms with Crippen LogP contribution in [-0.4, -0.2) is 48.8 Å². The summed E-state index contributed by atoms with van der Waals surface area (Å²) in [7, 11) is 1.50. The number of aliphatic hydroxyl groups excluding tert-OH is 1. The highest BCUT2D eigenvalue weighted by atomic mass is 19.1. The van der Waals surface area contributed by atoms with Gasteiger partial charge in [0.05, 0.1) is 18.2 Å². The first-order valence-electron chi connectivity index (χ1n) is 11.6. The first-order valence-corrected chi connectivity index (χ1v) is 11.6. The quantitative estimate of drug-likeness (QED) is 0.279. The van der Waals surface area contributed by atoms with Crippen LogP contribution in [0.25, 0.3) is 5.76 Å². The summed E-state index contributed by atoms with van der Waals surface area (Å²) in [5, 5.41) is 11.2. The number of nitrogens with zero attached hydrogens (tertiary/aromatic N) is 1. The van der Waals surface area contributed by atoms with Gasteiger partial charge in [-0.25, -0.2) is 4.39 Å². The zero-order valence-corrected chi connectivity index (χ0v) is 20.0. The van der Waals surface area contributed by atoms with E-state index < -0.39 is 17.7 Å². The van der Waals surface area contributed by atoms with Crippen LogP contribution >= 0.6 is 0 Å². The number of hydrogen-bond donors (Lipinski definition) is 1. The molecule has 1 N–H and O–H groups in total. The lowest BCUT2D eigenvalue weighted by Crippen LogP contribution is -2.32. The van der Waals surface area contributed by atoms with Gasteiger partial charge in [0.2, 0.25) is 6.79 Å². The molecule has 1 saturated heterocycles. The molecule has 2 aliphatic heterocycles. The summed E-state index contributed by atoms with van der Waals surface area (Å²) in [5.41, 5.74) is 1.63. The average molecular weight is 505 g/mol. The maximum atomic E-state index is 13.2. The highest BCUT2D eigenvalue weighted by Gasteiger charge is 2.46. The smallest absolute Gasteiger partial charge is 0.295 e. The van der Waals surface area contributed by atoms with Crippen LogP contribution in [0.5, 0.6) is 17.2 Å². The maximum absolute atomic E-state index is 13.2. The molecule has 1 amide bonds. The number of amides is 1. The molecule has 3 aromatic carbocycles. The number of rotatable bonds is 8. The van der Waals surface area contributed by atoms with Crippen molar-refractivity contribution in [1.29, 1.82) is 0 Å². The Hall–Kier alpha value is -4.37. The minimum atomic E-state index is -0.866. The Labute approximate surface area is 212 Å². The zero-order chi connectivity index (χ0) is 25.9. The van der Waals surface area contributed by atoms with Gasteiger partial charge in [-0.3, -0.25) is 9.59 Å². The third kappa shape index (κ3) is 4.85. The van der Waals surface area contributed by atoms with Crippen LogP contribution in [0.2, 0.25) is 0 Å². The Morgan fingerprint density at radius 1 is 1.05 bits per heavy atom. The summed E-state index contributed by atoms with van der Waals surface area (Å²) in [4.78, 5) is 27.6. The van der Waals surface area contributed by atoms with E-state index in [9.17, 15) is 19.1 Å². The van der Waals surface area contributed by atoms with Crippen molar-refractivity contribution in [3.8, 4) is 17.2 Å². The van der Waals surface area contributed by atoms with E-state index in [-0.39, 0.29) is 43.7 Å². The van der Waals surface area contributed by atoms with Crippen molar-refractivity contribution in [3.63, 3.8) is 0 Å².